The maximum atomic E-state index is 10.2. The number of aromatic nitrogens is 3. The van der Waals surface area contributed by atoms with Gasteiger partial charge in [-0.15, -0.1) is 10.2 Å². The first-order chi connectivity index (χ1) is 13.8. The van der Waals surface area contributed by atoms with Gasteiger partial charge < -0.3 is 10.1 Å². The molecule has 2 N–H and O–H groups in total. The molecule has 0 saturated heterocycles. The maximum absolute atomic E-state index is 10.2. The summed E-state index contributed by atoms with van der Waals surface area (Å²) in [6.45, 7) is 0. The average molecular weight is 365 g/mol. The summed E-state index contributed by atoms with van der Waals surface area (Å²) >= 11 is 0. The highest BCUT2D eigenvalue weighted by molar-refractivity contribution is 5.89. The smallest absolute Gasteiger partial charge is 0.198 e. The van der Waals surface area contributed by atoms with Crippen molar-refractivity contribution in [3.63, 3.8) is 0 Å². The van der Waals surface area contributed by atoms with Crippen molar-refractivity contribution in [1.82, 2.24) is 15.0 Å². The van der Waals surface area contributed by atoms with Gasteiger partial charge in [0.15, 0.2) is 5.88 Å². The number of aromatic hydroxyl groups is 1. The number of hydrogen-bond donors (Lipinski definition) is 2. The fourth-order valence-corrected chi connectivity index (χ4v) is 3.20. The van der Waals surface area contributed by atoms with Gasteiger partial charge in [-0.25, -0.2) is 4.98 Å². The predicted octanol–water partition coefficient (Wildman–Crippen LogP) is 3.41. The van der Waals surface area contributed by atoms with Crippen LogP contribution in [0.2, 0.25) is 0 Å². The van der Waals surface area contributed by atoms with Gasteiger partial charge in [0.05, 0.1) is 17.1 Å². The number of azo groups is 1. The summed E-state index contributed by atoms with van der Waals surface area (Å²) in [7, 11) is 0. The molecule has 1 aliphatic rings. The van der Waals surface area contributed by atoms with Crippen molar-refractivity contribution in [3.05, 3.63) is 88.7 Å². The molecule has 5 rings (SSSR count). The number of benzene rings is 1. The van der Waals surface area contributed by atoms with Crippen LogP contribution in [-0.4, -0.2) is 20.1 Å². The molecule has 1 aromatic carbocycles. The molecule has 28 heavy (non-hydrogen) atoms. The number of nitrogens with one attached hydrogen (secondary N) is 1. The van der Waals surface area contributed by atoms with Gasteiger partial charge in [0, 0.05) is 28.6 Å². The SMILES string of the molecule is Oc1[nH]c2ncccc2c1C=c1ccc2c(c1)N=NC=2C=Cc1ccccn1. The van der Waals surface area contributed by atoms with Crippen LogP contribution < -0.4 is 10.4 Å². The van der Waals surface area contributed by atoms with E-state index in [0.717, 1.165) is 32.9 Å². The number of H-pyrrole nitrogens is 1. The second-order valence-corrected chi connectivity index (χ2v) is 6.38. The van der Waals surface area contributed by atoms with E-state index >= 15 is 0 Å². The van der Waals surface area contributed by atoms with Crippen LogP contribution in [0.4, 0.5) is 5.69 Å². The first-order valence-corrected chi connectivity index (χ1v) is 8.80. The van der Waals surface area contributed by atoms with Crippen molar-refractivity contribution in [2.24, 2.45) is 10.2 Å². The molecule has 4 heterocycles. The van der Waals surface area contributed by atoms with Crippen molar-refractivity contribution in [2.45, 2.75) is 0 Å². The van der Waals surface area contributed by atoms with Crippen LogP contribution in [0.15, 0.2) is 77.2 Å². The molecule has 4 aromatic rings. The van der Waals surface area contributed by atoms with E-state index in [2.05, 4.69) is 25.2 Å². The molecule has 3 aromatic heterocycles. The zero-order valence-electron chi connectivity index (χ0n) is 14.7. The van der Waals surface area contributed by atoms with Gasteiger partial charge in [0.1, 0.15) is 5.65 Å². The van der Waals surface area contributed by atoms with E-state index in [1.807, 2.05) is 66.8 Å². The normalized spacial score (nSPS) is 13.7. The van der Waals surface area contributed by atoms with Crippen LogP contribution in [0.5, 0.6) is 5.88 Å². The van der Waals surface area contributed by atoms with Crippen LogP contribution in [0, 0.1) is 0 Å². The Labute approximate surface area is 160 Å². The Balaban J connectivity index is 1.56. The summed E-state index contributed by atoms with van der Waals surface area (Å²) in [5, 5.41) is 21.5. The topological polar surface area (TPSA) is 86.5 Å². The summed E-state index contributed by atoms with van der Waals surface area (Å²) in [5.74, 6) is 0.0985. The number of nitrogens with zero attached hydrogens (tertiary/aromatic N) is 4. The first kappa shape index (κ1) is 16.1. The molecule has 0 radical (unpaired) electrons. The van der Waals surface area contributed by atoms with Crippen molar-refractivity contribution in [2.75, 3.05) is 0 Å². The van der Waals surface area contributed by atoms with E-state index in [-0.39, 0.29) is 5.88 Å². The van der Waals surface area contributed by atoms with Crippen LogP contribution in [0.25, 0.3) is 28.9 Å². The van der Waals surface area contributed by atoms with Crippen LogP contribution in [-0.2, 0) is 0 Å². The maximum Gasteiger partial charge on any atom is 0.198 e. The summed E-state index contributed by atoms with van der Waals surface area (Å²) in [5.41, 5.74) is 3.82. The Hall–Kier alpha value is -4.06. The quantitative estimate of drug-likeness (QED) is 0.583. The van der Waals surface area contributed by atoms with Crippen molar-refractivity contribution in [3.8, 4) is 5.88 Å². The number of aromatic amines is 1. The van der Waals surface area contributed by atoms with Gasteiger partial charge in [0.2, 0.25) is 0 Å². The molecule has 6 heteroatoms. The number of rotatable bonds is 3. The van der Waals surface area contributed by atoms with Crippen LogP contribution in [0.3, 0.4) is 0 Å². The summed E-state index contributed by atoms with van der Waals surface area (Å²) < 4.78 is 0. The lowest BCUT2D eigenvalue weighted by atomic mass is 10.1. The molecule has 0 aliphatic carbocycles. The van der Waals surface area contributed by atoms with Crippen molar-refractivity contribution >= 4 is 34.6 Å². The summed E-state index contributed by atoms with van der Waals surface area (Å²) in [6.07, 6.45) is 9.19. The Bertz CT molecular complexity index is 1370. The van der Waals surface area contributed by atoms with Crippen molar-refractivity contribution < 1.29 is 5.11 Å². The van der Waals surface area contributed by atoms with E-state index in [0.29, 0.717) is 11.2 Å². The third-order valence-electron chi connectivity index (χ3n) is 4.56. The fourth-order valence-electron chi connectivity index (χ4n) is 3.20. The standard InChI is InChI=1S/C22H15N5O/c28-22-18(16-5-3-11-24-21(16)25-22)12-14-6-8-17-19(26-27-20(17)13-14)9-7-15-4-1-2-10-23-15/h1-13,28H,(H,24,25). The minimum absolute atomic E-state index is 0.0985. The lowest BCUT2D eigenvalue weighted by Crippen LogP contribution is -2.08. The molecule has 6 nitrogen and oxygen atoms in total. The Kier molecular flexibility index (Phi) is 3.80. The molecule has 0 unspecified atom stereocenters. The molecule has 134 valence electrons. The van der Waals surface area contributed by atoms with Gasteiger partial charge in [-0.05, 0) is 59.8 Å². The second kappa shape index (κ2) is 6.59. The number of pyridine rings is 2. The van der Waals surface area contributed by atoms with E-state index in [4.69, 9.17) is 0 Å². The van der Waals surface area contributed by atoms with E-state index in [9.17, 15) is 5.11 Å². The zero-order valence-corrected chi connectivity index (χ0v) is 14.7. The third-order valence-corrected chi connectivity index (χ3v) is 4.56. The second-order valence-electron chi connectivity index (χ2n) is 6.38. The van der Waals surface area contributed by atoms with Gasteiger partial charge in [0.25, 0.3) is 0 Å². The summed E-state index contributed by atoms with van der Waals surface area (Å²) in [4.78, 5) is 11.4. The van der Waals surface area contributed by atoms with Gasteiger partial charge in [-0.1, -0.05) is 12.1 Å². The van der Waals surface area contributed by atoms with Gasteiger partial charge >= 0.3 is 0 Å². The highest BCUT2D eigenvalue weighted by Crippen LogP contribution is 2.26. The molecule has 0 fully saturated rings. The minimum atomic E-state index is 0.0985. The number of fused-ring (bicyclic) bond motifs is 2. The van der Waals surface area contributed by atoms with Gasteiger partial charge in [-0.3, -0.25) is 4.98 Å². The first-order valence-electron chi connectivity index (χ1n) is 8.80. The molecule has 0 saturated carbocycles. The monoisotopic (exact) mass is 365 g/mol. The molecule has 0 amide bonds. The molecule has 1 aliphatic heterocycles. The molecular formula is C22H15N5O. The summed E-state index contributed by atoms with van der Waals surface area (Å²) in [6, 6.07) is 15.5. The Morgan fingerprint density at radius 2 is 1.82 bits per heavy atom. The van der Waals surface area contributed by atoms with Gasteiger partial charge in [-0.2, -0.15) is 0 Å². The molecule has 0 atom stereocenters. The minimum Gasteiger partial charge on any atom is -0.494 e. The highest BCUT2D eigenvalue weighted by atomic mass is 16.3. The third kappa shape index (κ3) is 2.87. The zero-order chi connectivity index (χ0) is 18.9. The van der Waals surface area contributed by atoms with E-state index < -0.39 is 0 Å². The number of hydrogen-bond acceptors (Lipinski definition) is 5. The molecule has 0 bridgehead atoms. The highest BCUT2D eigenvalue weighted by Gasteiger charge is 2.10. The average Bonchev–Trinajstić information content (AvgIpc) is 3.28. The Morgan fingerprint density at radius 3 is 2.71 bits per heavy atom. The molecule has 0 spiro atoms. The fraction of sp³-hybridized carbons (Fsp3) is 0. The van der Waals surface area contributed by atoms with Crippen LogP contribution in [0.1, 0.15) is 11.3 Å². The lowest BCUT2D eigenvalue weighted by Gasteiger charge is -1.94. The lowest BCUT2D eigenvalue weighted by molar-refractivity contribution is 0.457. The largest absolute Gasteiger partial charge is 0.494 e. The Morgan fingerprint density at radius 1 is 0.893 bits per heavy atom. The van der Waals surface area contributed by atoms with E-state index in [1.54, 1.807) is 12.4 Å². The van der Waals surface area contributed by atoms with Crippen LogP contribution >= 0.6 is 0 Å². The van der Waals surface area contributed by atoms with E-state index in [1.165, 1.54) is 0 Å². The predicted molar refractivity (Wildman–Crippen MR) is 108 cm³/mol. The van der Waals surface area contributed by atoms with Crippen molar-refractivity contribution in [1.29, 1.82) is 0 Å². The molecular weight excluding hydrogens is 350 g/mol.